The summed E-state index contributed by atoms with van der Waals surface area (Å²) in [6.45, 7) is 5.33. The van der Waals surface area contributed by atoms with Crippen molar-refractivity contribution >= 4 is 28.2 Å². The summed E-state index contributed by atoms with van der Waals surface area (Å²) in [6, 6.07) is 15.2. The third-order valence-corrected chi connectivity index (χ3v) is 6.30. The molecule has 1 heterocycles. The zero-order valence-corrected chi connectivity index (χ0v) is 17.3. The van der Waals surface area contributed by atoms with Gasteiger partial charge in [-0.1, -0.05) is 30.3 Å². The second-order valence-electron chi connectivity index (χ2n) is 6.62. The highest BCUT2D eigenvalue weighted by Crippen LogP contribution is 2.17. The molecule has 6 nitrogen and oxygen atoms in total. The van der Waals surface area contributed by atoms with Crippen molar-refractivity contribution in [1.29, 1.82) is 0 Å². The van der Waals surface area contributed by atoms with E-state index in [1.165, 1.54) is 12.1 Å². The van der Waals surface area contributed by atoms with E-state index in [0.717, 1.165) is 38.3 Å². The third kappa shape index (κ3) is 6.31. The van der Waals surface area contributed by atoms with Gasteiger partial charge in [-0.15, -0.1) is 12.4 Å². The van der Waals surface area contributed by atoms with E-state index >= 15 is 0 Å². The van der Waals surface area contributed by atoms with E-state index in [4.69, 9.17) is 0 Å². The number of carbonyl (C=O) groups excluding carboxylic acids is 1. The second kappa shape index (κ2) is 10.6. The van der Waals surface area contributed by atoms with Crippen LogP contribution in [0.2, 0.25) is 0 Å². The van der Waals surface area contributed by atoms with Gasteiger partial charge >= 0.3 is 0 Å². The lowest BCUT2D eigenvalue weighted by Crippen LogP contribution is -2.46. The number of halogens is 1. The molecule has 1 aliphatic rings. The maximum absolute atomic E-state index is 12.5. The number of hydrogen-bond donors (Lipinski definition) is 2. The molecule has 1 amide bonds. The molecule has 28 heavy (non-hydrogen) atoms. The predicted molar refractivity (Wildman–Crippen MR) is 113 cm³/mol. The van der Waals surface area contributed by atoms with Crippen LogP contribution in [0.5, 0.6) is 0 Å². The molecule has 1 aliphatic heterocycles. The maximum atomic E-state index is 12.5. The number of amides is 1. The lowest BCUT2D eigenvalue weighted by Gasteiger charge is -2.27. The molecular formula is C20H26ClN3O3S. The van der Waals surface area contributed by atoms with Gasteiger partial charge in [0.25, 0.3) is 5.91 Å². The quantitative estimate of drug-likeness (QED) is 0.709. The van der Waals surface area contributed by atoms with Crippen LogP contribution in [-0.2, 0) is 15.6 Å². The number of sulfone groups is 1. The Kier molecular flexibility index (Phi) is 8.44. The molecule has 0 aromatic heterocycles. The lowest BCUT2D eigenvalue weighted by molar-refractivity contribution is 0.0947. The van der Waals surface area contributed by atoms with Crippen LogP contribution in [0.3, 0.4) is 0 Å². The molecule has 2 aromatic rings. The Morgan fingerprint density at radius 2 is 1.64 bits per heavy atom. The molecule has 0 bridgehead atoms. The normalized spacial score (nSPS) is 14.9. The first kappa shape index (κ1) is 22.4. The van der Waals surface area contributed by atoms with Crippen molar-refractivity contribution in [2.45, 2.75) is 10.6 Å². The molecule has 2 aromatic carbocycles. The number of nitrogens with zero attached hydrogens (tertiary/aromatic N) is 1. The van der Waals surface area contributed by atoms with E-state index in [1.807, 2.05) is 18.2 Å². The zero-order chi connectivity index (χ0) is 19.1. The molecule has 0 atom stereocenters. The molecule has 152 valence electrons. The van der Waals surface area contributed by atoms with Gasteiger partial charge in [-0.2, -0.15) is 0 Å². The average molecular weight is 424 g/mol. The molecule has 0 saturated carbocycles. The molecule has 0 spiro atoms. The fourth-order valence-electron chi connectivity index (χ4n) is 3.05. The summed E-state index contributed by atoms with van der Waals surface area (Å²) in [5.41, 5.74) is 1.21. The van der Waals surface area contributed by atoms with Crippen LogP contribution in [0.25, 0.3) is 0 Å². The SMILES string of the molecule is Cl.O=C(NCCN1CCNCC1)c1ccc(S(=O)(=O)Cc2ccccc2)cc1. The topological polar surface area (TPSA) is 78.5 Å². The van der Waals surface area contributed by atoms with Gasteiger partial charge in [0.15, 0.2) is 9.84 Å². The Morgan fingerprint density at radius 1 is 1.00 bits per heavy atom. The minimum Gasteiger partial charge on any atom is -0.351 e. The highest BCUT2D eigenvalue weighted by Gasteiger charge is 2.16. The van der Waals surface area contributed by atoms with E-state index in [-0.39, 0.29) is 29.0 Å². The van der Waals surface area contributed by atoms with Gasteiger partial charge in [0.2, 0.25) is 0 Å². The molecule has 1 fully saturated rings. The van der Waals surface area contributed by atoms with E-state index in [9.17, 15) is 13.2 Å². The van der Waals surface area contributed by atoms with Crippen LogP contribution in [0, 0.1) is 0 Å². The van der Waals surface area contributed by atoms with E-state index < -0.39 is 9.84 Å². The minimum absolute atomic E-state index is 0. The number of rotatable bonds is 7. The second-order valence-corrected chi connectivity index (χ2v) is 8.61. The van der Waals surface area contributed by atoms with Crippen molar-refractivity contribution < 1.29 is 13.2 Å². The van der Waals surface area contributed by atoms with Crippen molar-refractivity contribution in [3.63, 3.8) is 0 Å². The summed E-state index contributed by atoms with van der Waals surface area (Å²) < 4.78 is 25.0. The maximum Gasteiger partial charge on any atom is 0.251 e. The Morgan fingerprint density at radius 3 is 2.29 bits per heavy atom. The highest BCUT2D eigenvalue weighted by molar-refractivity contribution is 7.90. The molecule has 2 N–H and O–H groups in total. The van der Waals surface area contributed by atoms with Crippen molar-refractivity contribution in [2.75, 3.05) is 39.3 Å². The van der Waals surface area contributed by atoms with Gasteiger partial charge in [0.05, 0.1) is 10.6 Å². The summed E-state index contributed by atoms with van der Waals surface area (Å²) in [6.07, 6.45) is 0. The zero-order valence-electron chi connectivity index (χ0n) is 15.6. The summed E-state index contributed by atoms with van der Waals surface area (Å²) in [7, 11) is -3.43. The van der Waals surface area contributed by atoms with Crippen molar-refractivity contribution in [3.8, 4) is 0 Å². The van der Waals surface area contributed by atoms with E-state index in [0.29, 0.717) is 12.1 Å². The van der Waals surface area contributed by atoms with Crippen molar-refractivity contribution in [1.82, 2.24) is 15.5 Å². The number of hydrogen-bond acceptors (Lipinski definition) is 5. The summed E-state index contributed by atoms with van der Waals surface area (Å²) in [4.78, 5) is 14.8. The van der Waals surface area contributed by atoms with Crippen molar-refractivity contribution in [3.05, 3.63) is 65.7 Å². The Labute approximate surface area is 172 Å². The minimum atomic E-state index is -3.43. The Hall–Kier alpha value is -1.93. The van der Waals surface area contributed by atoms with Crippen LogP contribution in [0.1, 0.15) is 15.9 Å². The molecule has 3 rings (SSSR count). The Bertz CT molecular complexity index is 852. The van der Waals surface area contributed by atoms with Gasteiger partial charge in [-0.25, -0.2) is 8.42 Å². The fraction of sp³-hybridized carbons (Fsp3) is 0.350. The van der Waals surface area contributed by atoms with Gasteiger partial charge < -0.3 is 10.6 Å². The summed E-state index contributed by atoms with van der Waals surface area (Å²) in [5.74, 6) is -0.235. The van der Waals surface area contributed by atoms with E-state index in [2.05, 4.69) is 15.5 Å². The van der Waals surface area contributed by atoms with Gasteiger partial charge in [0, 0.05) is 44.8 Å². The molecule has 1 saturated heterocycles. The van der Waals surface area contributed by atoms with E-state index in [1.54, 1.807) is 24.3 Å². The van der Waals surface area contributed by atoms with Crippen molar-refractivity contribution in [2.24, 2.45) is 0 Å². The van der Waals surface area contributed by atoms with Crippen LogP contribution in [0.4, 0.5) is 0 Å². The highest BCUT2D eigenvalue weighted by atomic mass is 35.5. The monoisotopic (exact) mass is 423 g/mol. The van der Waals surface area contributed by atoms with Crippen LogP contribution in [-0.4, -0.2) is 58.5 Å². The molecule has 0 radical (unpaired) electrons. The molecule has 0 aliphatic carbocycles. The molecule has 0 unspecified atom stereocenters. The van der Waals surface area contributed by atoms with Gasteiger partial charge in [-0.3, -0.25) is 9.69 Å². The van der Waals surface area contributed by atoms with Crippen LogP contribution in [0.15, 0.2) is 59.5 Å². The molecular weight excluding hydrogens is 398 g/mol. The first-order valence-electron chi connectivity index (χ1n) is 9.13. The standard InChI is InChI=1S/C20H25N3O3S.ClH/c24-20(22-12-15-23-13-10-21-11-14-23)18-6-8-19(9-7-18)27(25,26)16-17-4-2-1-3-5-17;/h1-9,21H,10-16H2,(H,22,24);1H. The smallest absolute Gasteiger partial charge is 0.251 e. The number of carbonyl (C=O) groups is 1. The number of benzene rings is 2. The van der Waals surface area contributed by atoms with Gasteiger partial charge in [-0.05, 0) is 29.8 Å². The number of nitrogens with one attached hydrogen (secondary N) is 2. The largest absolute Gasteiger partial charge is 0.351 e. The Balaban J connectivity index is 0.00000280. The predicted octanol–water partition coefficient (Wildman–Crippen LogP) is 1.72. The average Bonchev–Trinajstić information content (AvgIpc) is 2.69. The summed E-state index contributed by atoms with van der Waals surface area (Å²) in [5, 5.41) is 6.19. The first-order valence-corrected chi connectivity index (χ1v) is 10.8. The van der Waals surface area contributed by atoms with Crippen LogP contribution < -0.4 is 10.6 Å². The van der Waals surface area contributed by atoms with Gasteiger partial charge in [0.1, 0.15) is 0 Å². The van der Waals surface area contributed by atoms with Crippen LogP contribution >= 0.6 is 12.4 Å². The number of piperazine rings is 1. The fourth-order valence-corrected chi connectivity index (χ4v) is 4.40. The molecule has 8 heteroatoms. The summed E-state index contributed by atoms with van der Waals surface area (Å²) >= 11 is 0. The lowest BCUT2D eigenvalue weighted by atomic mass is 10.2. The first-order chi connectivity index (χ1) is 13.0. The third-order valence-electron chi connectivity index (χ3n) is 4.60.